The molecule has 76 valence electrons. The number of rotatable bonds is 2. The Kier molecular flexibility index (Phi) is 2.64. The Hall–Kier alpha value is -1.49. The first-order valence-corrected chi connectivity index (χ1v) is 4.95. The molecule has 0 unspecified atom stereocenters. The Labute approximate surface area is 93.5 Å². The van der Waals surface area contributed by atoms with Crippen LogP contribution in [0.1, 0.15) is 10.6 Å². The van der Waals surface area contributed by atoms with Crippen molar-refractivity contribution in [1.29, 1.82) is 0 Å². The first kappa shape index (κ1) is 10.0. The zero-order chi connectivity index (χ0) is 10.8. The number of imidazole rings is 1. The van der Waals surface area contributed by atoms with Gasteiger partial charge < -0.3 is 4.98 Å². The number of halogens is 2. The number of nitrogens with zero attached hydrogens (tertiary/aromatic N) is 1. The number of hydrogen-bond acceptors (Lipinski definition) is 2. The highest BCUT2D eigenvalue weighted by molar-refractivity contribution is 9.10. The predicted octanol–water partition coefficient (Wildman–Crippen LogP) is 2.79. The second-order valence-corrected chi connectivity index (χ2v) is 3.78. The second kappa shape index (κ2) is 3.94. The normalized spacial score (nSPS) is 10.3. The van der Waals surface area contributed by atoms with Gasteiger partial charge in [-0.25, -0.2) is 9.37 Å². The number of carbonyl (C=O) groups excluding carboxylic acids is 1. The summed E-state index contributed by atoms with van der Waals surface area (Å²) >= 11 is 3.09. The predicted molar refractivity (Wildman–Crippen MR) is 57.1 cm³/mol. The maximum absolute atomic E-state index is 13.0. The van der Waals surface area contributed by atoms with Crippen LogP contribution in [0.4, 0.5) is 4.39 Å². The van der Waals surface area contributed by atoms with Crippen molar-refractivity contribution in [3.05, 3.63) is 40.5 Å². The van der Waals surface area contributed by atoms with Gasteiger partial charge in [0.05, 0.1) is 16.4 Å². The lowest BCUT2D eigenvalue weighted by molar-refractivity contribution is 0.111. The molecule has 0 saturated carbocycles. The third-order valence-electron chi connectivity index (χ3n) is 1.94. The average molecular weight is 269 g/mol. The molecule has 15 heavy (non-hydrogen) atoms. The molecule has 1 aromatic heterocycles. The lowest BCUT2D eigenvalue weighted by atomic mass is 10.2. The highest BCUT2D eigenvalue weighted by Crippen LogP contribution is 2.23. The van der Waals surface area contributed by atoms with Crippen LogP contribution in [0.25, 0.3) is 11.3 Å². The van der Waals surface area contributed by atoms with Crippen molar-refractivity contribution < 1.29 is 9.18 Å². The second-order valence-electron chi connectivity index (χ2n) is 2.93. The Morgan fingerprint density at radius 3 is 2.87 bits per heavy atom. The molecule has 2 aromatic rings. The number of aldehydes is 1. The van der Waals surface area contributed by atoms with Crippen LogP contribution in [-0.2, 0) is 0 Å². The van der Waals surface area contributed by atoms with Crippen LogP contribution >= 0.6 is 15.9 Å². The summed E-state index contributed by atoms with van der Waals surface area (Å²) < 4.78 is 13.3. The van der Waals surface area contributed by atoms with Crippen LogP contribution in [0.2, 0.25) is 0 Å². The van der Waals surface area contributed by atoms with Crippen LogP contribution in [0.5, 0.6) is 0 Å². The minimum atomic E-state index is -0.325. The summed E-state index contributed by atoms with van der Waals surface area (Å²) in [5, 5.41) is 0. The minimum Gasteiger partial charge on any atom is -0.336 e. The molecule has 0 spiro atoms. The van der Waals surface area contributed by atoms with E-state index in [1.165, 1.54) is 12.3 Å². The molecule has 0 aliphatic rings. The van der Waals surface area contributed by atoms with Crippen molar-refractivity contribution >= 4 is 22.2 Å². The largest absolute Gasteiger partial charge is 0.336 e. The molecule has 0 bridgehead atoms. The molecule has 1 aromatic carbocycles. The van der Waals surface area contributed by atoms with Crippen LogP contribution in [0, 0.1) is 5.82 Å². The van der Waals surface area contributed by atoms with Gasteiger partial charge in [-0.2, -0.15) is 0 Å². The Balaban J connectivity index is 2.44. The fourth-order valence-corrected chi connectivity index (χ4v) is 1.59. The van der Waals surface area contributed by atoms with Gasteiger partial charge in [0.2, 0.25) is 0 Å². The van der Waals surface area contributed by atoms with E-state index in [9.17, 15) is 9.18 Å². The number of aromatic amines is 1. The van der Waals surface area contributed by atoms with Crippen LogP contribution in [0.3, 0.4) is 0 Å². The van der Waals surface area contributed by atoms with Crippen LogP contribution in [0.15, 0.2) is 28.9 Å². The highest BCUT2D eigenvalue weighted by Gasteiger charge is 2.05. The van der Waals surface area contributed by atoms with E-state index in [1.807, 2.05) is 0 Å². The summed E-state index contributed by atoms with van der Waals surface area (Å²) in [4.78, 5) is 17.0. The molecule has 5 heteroatoms. The van der Waals surface area contributed by atoms with Crippen LogP contribution < -0.4 is 0 Å². The summed E-state index contributed by atoms with van der Waals surface area (Å²) in [5.74, 6) is -0.0701. The van der Waals surface area contributed by atoms with Crippen molar-refractivity contribution in [2.45, 2.75) is 0 Å². The van der Waals surface area contributed by atoms with E-state index < -0.39 is 0 Å². The van der Waals surface area contributed by atoms with E-state index in [4.69, 9.17) is 0 Å². The van der Waals surface area contributed by atoms with Crippen molar-refractivity contribution in [2.75, 3.05) is 0 Å². The van der Waals surface area contributed by atoms with Gasteiger partial charge in [-0.15, -0.1) is 0 Å². The summed E-state index contributed by atoms with van der Waals surface area (Å²) in [6, 6.07) is 4.58. The Morgan fingerprint density at radius 1 is 1.47 bits per heavy atom. The van der Waals surface area contributed by atoms with E-state index in [2.05, 4.69) is 25.9 Å². The molecule has 0 saturated heterocycles. The van der Waals surface area contributed by atoms with E-state index in [0.717, 1.165) is 5.56 Å². The third-order valence-corrected chi connectivity index (χ3v) is 2.55. The lowest BCUT2D eigenvalue weighted by Gasteiger charge is -1.99. The summed E-state index contributed by atoms with van der Waals surface area (Å²) in [6.45, 7) is 0. The van der Waals surface area contributed by atoms with E-state index in [0.29, 0.717) is 16.5 Å². The van der Waals surface area contributed by atoms with Crippen molar-refractivity contribution in [1.82, 2.24) is 9.97 Å². The van der Waals surface area contributed by atoms with E-state index in [1.54, 1.807) is 12.1 Å². The zero-order valence-corrected chi connectivity index (χ0v) is 9.08. The van der Waals surface area contributed by atoms with Gasteiger partial charge >= 0.3 is 0 Å². The van der Waals surface area contributed by atoms with Crippen molar-refractivity contribution in [3.63, 3.8) is 0 Å². The van der Waals surface area contributed by atoms with Gasteiger partial charge in [0.1, 0.15) is 5.82 Å². The Bertz CT molecular complexity index is 510. The number of H-pyrrole nitrogens is 1. The molecule has 0 fully saturated rings. The van der Waals surface area contributed by atoms with Crippen molar-refractivity contribution in [2.24, 2.45) is 0 Å². The molecular formula is C10H6BrFN2O. The molecule has 0 radical (unpaired) electrons. The summed E-state index contributed by atoms with van der Waals surface area (Å²) in [7, 11) is 0. The Morgan fingerprint density at radius 2 is 2.27 bits per heavy atom. The van der Waals surface area contributed by atoms with Gasteiger partial charge in [0.25, 0.3) is 0 Å². The summed E-state index contributed by atoms with van der Waals surface area (Å²) in [6.07, 6.45) is 2.16. The molecular weight excluding hydrogens is 263 g/mol. The number of aromatic nitrogens is 2. The standard InChI is InChI=1S/C10H6BrFN2O/c11-7-3-6(1-2-8(7)12)9-4-13-10(5-15)14-9/h1-5H,(H,13,14). The number of carbonyl (C=O) groups is 1. The summed E-state index contributed by atoms with van der Waals surface area (Å²) in [5.41, 5.74) is 1.45. The third kappa shape index (κ3) is 1.97. The smallest absolute Gasteiger partial charge is 0.185 e. The molecule has 1 N–H and O–H groups in total. The zero-order valence-electron chi connectivity index (χ0n) is 7.50. The molecule has 0 aliphatic carbocycles. The maximum atomic E-state index is 13.0. The topological polar surface area (TPSA) is 45.8 Å². The maximum Gasteiger partial charge on any atom is 0.185 e. The monoisotopic (exact) mass is 268 g/mol. The fourth-order valence-electron chi connectivity index (χ4n) is 1.21. The fraction of sp³-hybridized carbons (Fsp3) is 0. The molecule has 2 rings (SSSR count). The number of nitrogens with one attached hydrogen (secondary N) is 1. The van der Waals surface area contributed by atoms with Gasteiger partial charge in [0.15, 0.2) is 12.1 Å². The molecule has 0 aliphatic heterocycles. The molecule has 0 amide bonds. The van der Waals surface area contributed by atoms with E-state index in [-0.39, 0.29) is 11.6 Å². The number of hydrogen-bond donors (Lipinski definition) is 1. The number of benzene rings is 1. The van der Waals surface area contributed by atoms with Gasteiger partial charge in [0, 0.05) is 5.56 Å². The van der Waals surface area contributed by atoms with Gasteiger partial charge in [-0.05, 0) is 34.1 Å². The van der Waals surface area contributed by atoms with Gasteiger partial charge in [-0.3, -0.25) is 4.79 Å². The first-order valence-electron chi connectivity index (χ1n) is 4.16. The molecule has 3 nitrogen and oxygen atoms in total. The average Bonchev–Trinajstić information content (AvgIpc) is 2.70. The molecule has 1 heterocycles. The van der Waals surface area contributed by atoms with Crippen molar-refractivity contribution in [3.8, 4) is 11.3 Å². The SMILES string of the molecule is O=Cc1ncc(-c2ccc(F)c(Br)c2)[nH]1. The van der Waals surface area contributed by atoms with Gasteiger partial charge in [-0.1, -0.05) is 0 Å². The minimum absolute atomic E-state index is 0.255. The van der Waals surface area contributed by atoms with E-state index >= 15 is 0 Å². The highest BCUT2D eigenvalue weighted by atomic mass is 79.9. The molecule has 0 atom stereocenters. The lowest BCUT2D eigenvalue weighted by Crippen LogP contribution is -1.83. The quantitative estimate of drug-likeness (QED) is 0.852. The van der Waals surface area contributed by atoms with Crippen LogP contribution in [-0.4, -0.2) is 16.3 Å². The first-order chi connectivity index (χ1) is 7.20.